The van der Waals surface area contributed by atoms with E-state index in [9.17, 15) is 22.4 Å². The molecule has 46 heavy (non-hydrogen) atoms. The molecule has 3 bridgehead atoms. The van der Waals surface area contributed by atoms with Gasteiger partial charge in [0.2, 0.25) is 5.91 Å². The van der Waals surface area contributed by atoms with E-state index < -0.39 is 24.2 Å². The molecule has 1 N–H and O–H groups in total. The number of likely N-dealkylation sites (N-methyl/N-ethyl adjacent to an activating group) is 1. The van der Waals surface area contributed by atoms with E-state index in [1.54, 1.807) is 18.1 Å². The van der Waals surface area contributed by atoms with Crippen LogP contribution in [0.1, 0.15) is 68.8 Å². The van der Waals surface area contributed by atoms with Crippen LogP contribution in [0, 0.1) is 5.82 Å². The van der Waals surface area contributed by atoms with Crippen LogP contribution in [-0.2, 0) is 33.7 Å². The van der Waals surface area contributed by atoms with E-state index in [-0.39, 0.29) is 25.9 Å². The van der Waals surface area contributed by atoms with Crippen LogP contribution >= 0.6 is 0 Å². The summed E-state index contributed by atoms with van der Waals surface area (Å²) in [5.74, 6) is 0.251. The highest BCUT2D eigenvalue weighted by molar-refractivity contribution is 5.91. The molecular weight excluding hydrogens is 606 g/mol. The number of nitrogens with zero attached hydrogens (tertiary/aromatic N) is 4. The van der Waals surface area contributed by atoms with Gasteiger partial charge in [0.25, 0.3) is 0 Å². The summed E-state index contributed by atoms with van der Waals surface area (Å²) >= 11 is 0. The Kier molecular flexibility index (Phi) is 11.3. The summed E-state index contributed by atoms with van der Waals surface area (Å²) in [5.41, 5.74) is 3.52. The summed E-state index contributed by atoms with van der Waals surface area (Å²) in [5, 5.41) is 6.90. The predicted octanol–water partition coefficient (Wildman–Crippen LogP) is 5.25. The van der Waals surface area contributed by atoms with Gasteiger partial charge in [-0.05, 0) is 35.8 Å². The fraction of sp³-hybridized carbons (Fsp3) is 0.576. The molecule has 1 aromatic carbocycles. The number of carbonyl (C=O) groups excluding carboxylic acids is 1. The third kappa shape index (κ3) is 7.02. The quantitative estimate of drug-likeness (QED) is 0.451. The van der Waals surface area contributed by atoms with Gasteiger partial charge in [-0.3, -0.25) is 9.78 Å². The number of benzene rings is 1. The SMILES string of the molecule is C.CC.CCc1c(F)ccc2c1CCO2.CN1N2CN/C=C3\CC1(C2)C(=O)N(CC(F)(F)F)Cc1nc(C2COCCO2)ccc13. The van der Waals surface area contributed by atoms with Crippen molar-refractivity contribution in [3.63, 3.8) is 0 Å². The lowest BCUT2D eigenvalue weighted by Crippen LogP contribution is -2.78. The van der Waals surface area contributed by atoms with Crippen molar-refractivity contribution in [1.29, 1.82) is 0 Å². The molecule has 9 nitrogen and oxygen atoms in total. The van der Waals surface area contributed by atoms with Crippen LogP contribution in [0.5, 0.6) is 5.75 Å². The zero-order valence-corrected chi connectivity index (χ0v) is 26.2. The number of carbonyl (C=O) groups is 1. The maximum absolute atomic E-state index is 13.5. The number of nitrogens with one attached hydrogen (secondary N) is 1. The molecule has 0 radical (unpaired) electrons. The number of pyridine rings is 1. The van der Waals surface area contributed by atoms with E-state index >= 15 is 0 Å². The predicted molar refractivity (Wildman–Crippen MR) is 166 cm³/mol. The van der Waals surface area contributed by atoms with Gasteiger partial charge in [0, 0.05) is 43.8 Å². The lowest BCUT2D eigenvalue weighted by atomic mass is 9.80. The Bertz CT molecular complexity index is 1420. The Hall–Kier alpha value is -3.26. The highest BCUT2D eigenvalue weighted by Crippen LogP contribution is 2.43. The molecule has 8 rings (SSSR count). The monoisotopic (exact) mass is 651 g/mol. The average molecular weight is 652 g/mol. The van der Waals surface area contributed by atoms with Gasteiger partial charge in [-0.2, -0.15) is 13.2 Å². The molecule has 7 heterocycles. The molecule has 0 aliphatic carbocycles. The van der Waals surface area contributed by atoms with Crippen molar-refractivity contribution in [3.05, 3.63) is 64.4 Å². The fourth-order valence-electron chi connectivity index (χ4n) is 6.49. The maximum Gasteiger partial charge on any atom is 0.406 e. The summed E-state index contributed by atoms with van der Waals surface area (Å²) in [7, 11) is 1.75. The van der Waals surface area contributed by atoms with Crippen LogP contribution in [0.15, 0.2) is 30.5 Å². The van der Waals surface area contributed by atoms with Gasteiger partial charge in [-0.15, -0.1) is 0 Å². The normalized spacial score (nSPS) is 26.0. The minimum absolute atomic E-state index is 0. The van der Waals surface area contributed by atoms with Gasteiger partial charge in [-0.1, -0.05) is 34.3 Å². The van der Waals surface area contributed by atoms with Crippen molar-refractivity contribution in [1.82, 2.24) is 25.2 Å². The van der Waals surface area contributed by atoms with E-state index in [1.165, 1.54) is 6.07 Å². The van der Waals surface area contributed by atoms with E-state index in [0.29, 0.717) is 57.4 Å². The van der Waals surface area contributed by atoms with Gasteiger partial charge in [0.1, 0.15) is 29.8 Å². The minimum Gasteiger partial charge on any atom is -0.493 e. The van der Waals surface area contributed by atoms with Crippen LogP contribution in [0.3, 0.4) is 0 Å². The van der Waals surface area contributed by atoms with Crippen LogP contribution in [-0.4, -0.2) is 90.8 Å². The second-order valence-electron chi connectivity index (χ2n) is 11.3. The zero-order valence-electron chi connectivity index (χ0n) is 26.2. The van der Waals surface area contributed by atoms with Crippen molar-refractivity contribution in [2.75, 3.05) is 53.2 Å². The summed E-state index contributed by atoms with van der Waals surface area (Å²) in [6.45, 7) is 7.25. The largest absolute Gasteiger partial charge is 0.493 e. The van der Waals surface area contributed by atoms with E-state index in [2.05, 4.69) is 10.3 Å². The van der Waals surface area contributed by atoms with Crippen molar-refractivity contribution >= 4 is 11.5 Å². The Balaban J connectivity index is 0.000000268. The number of hydrogen-bond acceptors (Lipinski definition) is 8. The number of ether oxygens (including phenoxy) is 3. The Morgan fingerprint density at radius 2 is 1.91 bits per heavy atom. The summed E-state index contributed by atoms with van der Waals surface area (Å²) < 4.78 is 69.9. The third-order valence-corrected chi connectivity index (χ3v) is 8.70. The number of halogens is 4. The lowest BCUT2D eigenvalue weighted by Gasteiger charge is -2.59. The molecule has 1 spiro atoms. The molecule has 6 aliphatic rings. The number of hydrogen-bond donors (Lipinski definition) is 1. The van der Waals surface area contributed by atoms with Gasteiger partial charge in [0.15, 0.2) is 0 Å². The first-order valence-corrected chi connectivity index (χ1v) is 15.5. The van der Waals surface area contributed by atoms with Crippen molar-refractivity contribution in [2.24, 2.45) is 0 Å². The maximum atomic E-state index is 13.5. The number of alkyl halides is 3. The Labute approximate surface area is 268 Å². The third-order valence-electron chi connectivity index (χ3n) is 8.70. The van der Waals surface area contributed by atoms with Gasteiger partial charge < -0.3 is 24.4 Å². The molecule has 3 atom stereocenters. The van der Waals surface area contributed by atoms with Crippen LogP contribution in [0.25, 0.3) is 5.57 Å². The van der Waals surface area contributed by atoms with Crippen LogP contribution in [0.4, 0.5) is 17.6 Å². The van der Waals surface area contributed by atoms with Gasteiger partial charge in [-0.25, -0.2) is 14.4 Å². The molecule has 254 valence electrons. The molecule has 1 aromatic heterocycles. The molecule has 6 aliphatic heterocycles. The first kappa shape index (κ1) is 35.6. The molecule has 2 aromatic rings. The summed E-state index contributed by atoms with van der Waals surface area (Å²) in [6, 6.07) is 6.91. The summed E-state index contributed by atoms with van der Waals surface area (Å²) in [6.07, 6.45) is -1.13. The topological polar surface area (TPSA) is 79.4 Å². The van der Waals surface area contributed by atoms with Crippen LogP contribution in [0.2, 0.25) is 0 Å². The van der Waals surface area contributed by atoms with E-state index in [1.807, 2.05) is 44.1 Å². The number of rotatable bonds is 3. The molecule has 0 saturated carbocycles. The second kappa shape index (κ2) is 14.7. The molecule has 1 amide bonds. The number of amides is 1. The van der Waals surface area contributed by atoms with Crippen molar-refractivity contribution < 1.29 is 36.6 Å². The first-order chi connectivity index (χ1) is 21.6. The molecule has 3 unspecified atom stereocenters. The second-order valence-corrected chi connectivity index (χ2v) is 11.3. The highest BCUT2D eigenvalue weighted by Gasteiger charge is 2.58. The Morgan fingerprint density at radius 1 is 1.13 bits per heavy atom. The fourth-order valence-corrected chi connectivity index (χ4v) is 6.49. The molecule has 2 fully saturated rings. The van der Waals surface area contributed by atoms with E-state index in [4.69, 9.17) is 14.2 Å². The average Bonchev–Trinajstić information content (AvgIpc) is 3.50. The highest BCUT2D eigenvalue weighted by atomic mass is 19.4. The first-order valence-electron chi connectivity index (χ1n) is 15.5. The molecule has 2 saturated heterocycles. The lowest BCUT2D eigenvalue weighted by molar-refractivity contribution is -0.222. The summed E-state index contributed by atoms with van der Waals surface area (Å²) in [4.78, 5) is 19.0. The minimum atomic E-state index is -4.51. The van der Waals surface area contributed by atoms with E-state index in [0.717, 1.165) is 45.8 Å². The number of hydrazine groups is 1. The standard InChI is InChI=1S/C20H24F3N5O3.C10H11FO.C2H6.CH4/c1-26-19-6-13(7-24-12-28(26)10-19)14-2-3-15(17-9-30-4-5-31-17)25-16(14)8-27(18(19)29)11-20(21,22)23;1-2-7-8-5-6-12-10(8)4-3-9(7)11;1-2;/h2-3,7,17,24H,4-6,8-12H2,1H3;3-4H,2,5-6H2,1H3;1-2H3;1H4/b13-7+;;;. The smallest absolute Gasteiger partial charge is 0.406 e. The van der Waals surface area contributed by atoms with Gasteiger partial charge >= 0.3 is 6.18 Å². The Morgan fingerprint density at radius 3 is 2.59 bits per heavy atom. The molecular formula is C33H45F4N5O4. The van der Waals surface area contributed by atoms with Crippen LogP contribution < -0.4 is 10.1 Å². The van der Waals surface area contributed by atoms with Gasteiger partial charge in [0.05, 0.1) is 51.0 Å². The molecule has 13 heteroatoms. The zero-order chi connectivity index (χ0) is 32.4. The van der Waals surface area contributed by atoms with Crippen molar-refractivity contribution in [2.45, 2.75) is 71.8 Å². The number of fused-ring (bicyclic) bond motifs is 4. The number of aromatic nitrogens is 1. The van der Waals surface area contributed by atoms with Crippen molar-refractivity contribution in [3.8, 4) is 5.75 Å².